The van der Waals surface area contributed by atoms with E-state index in [1.54, 1.807) is 24.3 Å². The Balaban J connectivity index is 1.35. The van der Waals surface area contributed by atoms with E-state index in [-0.39, 0.29) is 5.92 Å². The molecule has 2 aromatic heterocycles. The lowest BCUT2D eigenvalue weighted by Gasteiger charge is -2.41. The van der Waals surface area contributed by atoms with Crippen molar-refractivity contribution in [3.63, 3.8) is 0 Å². The van der Waals surface area contributed by atoms with E-state index in [9.17, 15) is 23.1 Å². The molecule has 0 amide bonds. The van der Waals surface area contributed by atoms with Crippen LogP contribution >= 0.6 is 22.9 Å². The highest BCUT2D eigenvalue weighted by Crippen LogP contribution is 2.45. The average Bonchev–Trinajstić information content (AvgIpc) is 3.59. The van der Waals surface area contributed by atoms with Crippen molar-refractivity contribution in [3.8, 4) is 21.7 Å². The fourth-order valence-electron chi connectivity index (χ4n) is 7.06. The number of hydrogen-bond donors (Lipinski definition) is 1. The second-order valence-electron chi connectivity index (χ2n) is 14.2. The van der Waals surface area contributed by atoms with Crippen molar-refractivity contribution in [2.24, 2.45) is 0 Å². The molecule has 1 atom stereocenters. The zero-order valence-electron chi connectivity index (χ0n) is 28.2. The van der Waals surface area contributed by atoms with E-state index in [1.807, 2.05) is 52.0 Å². The molecule has 2 aliphatic rings. The number of benzene rings is 3. The minimum Gasteiger partial charge on any atom is -0.479 e. The van der Waals surface area contributed by atoms with Gasteiger partial charge in [0.2, 0.25) is 0 Å². The van der Waals surface area contributed by atoms with Gasteiger partial charge in [-0.15, -0.1) is 11.3 Å². The smallest absolute Gasteiger partial charge is 0.408 e. The highest BCUT2D eigenvalue weighted by atomic mass is 35.5. The van der Waals surface area contributed by atoms with Crippen LogP contribution in [0.1, 0.15) is 62.5 Å². The molecule has 7 rings (SSSR count). The van der Waals surface area contributed by atoms with Crippen LogP contribution in [0.2, 0.25) is 5.02 Å². The molecule has 8 nitrogen and oxygen atoms in total. The summed E-state index contributed by atoms with van der Waals surface area (Å²) in [6.45, 7) is 9.26. The van der Waals surface area contributed by atoms with E-state index in [0.717, 1.165) is 59.7 Å². The number of likely N-dealkylation sites (tertiary alicyclic amines) is 1. The fraction of sp³-hybridized carbons (Fsp3) is 0.432. The highest BCUT2D eigenvalue weighted by molar-refractivity contribution is 7.22. The van der Waals surface area contributed by atoms with Gasteiger partial charge in [-0.3, -0.25) is 9.58 Å². The molecule has 0 spiro atoms. The maximum atomic E-state index is 13.7. The molecule has 50 heavy (non-hydrogen) atoms. The lowest BCUT2D eigenvalue weighted by atomic mass is 9.90. The largest absolute Gasteiger partial charge is 0.479 e. The van der Waals surface area contributed by atoms with Crippen LogP contribution in [-0.2, 0) is 20.8 Å². The van der Waals surface area contributed by atoms with Crippen LogP contribution < -0.4 is 0 Å². The molecule has 2 saturated heterocycles. The third-order valence-corrected chi connectivity index (χ3v) is 10.8. The maximum Gasteiger partial charge on any atom is 0.408 e. The number of aromatic nitrogens is 3. The van der Waals surface area contributed by atoms with Gasteiger partial charge >= 0.3 is 12.1 Å². The zero-order valence-corrected chi connectivity index (χ0v) is 29.8. The average molecular weight is 727 g/mol. The van der Waals surface area contributed by atoms with Gasteiger partial charge in [0.15, 0.2) is 6.10 Å². The Labute approximate surface area is 296 Å². The van der Waals surface area contributed by atoms with Crippen LogP contribution in [0.3, 0.4) is 0 Å². The molecule has 1 N–H and O–H groups in total. The zero-order chi connectivity index (χ0) is 35.5. The Morgan fingerprint density at radius 2 is 1.76 bits per heavy atom. The Morgan fingerprint density at radius 1 is 1.08 bits per heavy atom. The topological polar surface area (TPSA) is 89.7 Å². The van der Waals surface area contributed by atoms with Crippen molar-refractivity contribution in [3.05, 3.63) is 70.4 Å². The molecule has 2 fully saturated rings. The third-order valence-electron chi connectivity index (χ3n) is 9.43. The van der Waals surface area contributed by atoms with Crippen LogP contribution in [0.15, 0.2) is 48.5 Å². The van der Waals surface area contributed by atoms with Crippen molar-refractivity contribution in [1.82, 2.24) is 19.7 Å². The van der Waals surface area contributed by atoms with Gasteiger partial charge in [-0.1, -0.05) is 23.7 Å². The minimum atomic E-state index is -4.42. The van der Waals surface area contributed by atoms with Gasteiger partial charge in [-0.2, -0.15) is 18.3 Å². The summed E-state index contributed by atoms with van der Waals surface area (Å²) in [5.41, 5.74) is 4.50. The summed E-state index contributed by atoms with van der Waals surface area (Å²) < 4.78 is 54.4. The third kappa shape index (κ3) is 7.01. The standard InChI is InChI=1S/C37H38ClF3N4O4S/c1-20-15-27-33(30(21-5-8-24(38)9-6-21)29(20)32(35(46)47)49-36(2,3)4)50-34(42-27)23-7-10-28-26(16-23)31(43-45(28)19-37(39,40)41)22-11-13-44(14-12-22)25-17-48-18-25/h5-10,15-16,22,25,32H,11-14,17-19H2,1-4H3,(H,46,47)/t32-/m0/s1. The first-order valence-corrected chi connectivity index (χ1v) is 17.8. The summed E-state index contributed by atoms with van der Waals surface area (Å²) in [6, 6.07) is 14.9. The first-order valence-electron chi connectivity index (χ1n) is 16.6. The molecule has 264 valence electrons. The molecular weight excluding hydrogens is 689 g/mol. The molecule has 4 heterocycles. The van der Waals surface area contributed by atoms with Crippen molar-refractivity contribution in [2.45, 2.75) is 76.9 Å². The number of thiazole rings is 1. The van der Waals surface area contributed by atoms with Gasteiger partial charge in [-0.25, -0.2) is 9.78 Å². The number of hydrogen-bond acceptors (Lipinski definition) is 7. The number of aryl methyl sites for hydroxylation is 1. The number of aliphatic carboxylic acids is 1. The van der Waals surface area contributed by atoms with Gasteiger partial charge in [-0.05, 0) is 101 Å². The molecule has 3 aromatic carbocycles. The fourth-order valence-corrected chi connectivity index (χ4v) is 8.31. The van der Waals surface area contributed by atoms with Crippen molar-refractivity contribution < 1.29 is 32.5 Å². The van der Waals surface area contributed by atoms with Gasteiger partial charge in [0.1, 0.15) is 11.6 Å². The van der Waals surface area contributed by atoms with Crippen LogP contribution in [0.5, 0.6) is 0 Å². The molecular formula is C37H38ClF3N4O4S. The summed E-state index contributed by atoms with van der Waals surface area (Å²) in [5, 5.41) is 16.9. The number of rotatable bonds is 8. The van der Waals surface area contributed by atoms with Gasteiger partial charge in [0.25, 0.3) is 0 Å². The molecule has 0 bridgehead atoms. The summed E-state index contributed by atoms with van der Waals surface area (Å²) in [4.78, 5) is 20.1. The maximum absolute atomic E-state index is 13.7. The highest BCUT2D eigenvalue weighted by Gasteiger charge is 2.35. The van der Waals surface area contributed by atoms with E-state index < -0.39 is 30.4 Å². The predicted octanol–water partition coefficient (Wildman–Crippen LogP) is 9.02. The molecule has 0 saturated carbocycles. The predicted molar refractivity (Wildman–Crippen MR) is 189 cm³/mol. The number of piperidine rings is 1. The SMILES string of the molecule is Cc1cc2nc(-c3ccc4c(c3)c(C3CCN(C5COC5)CC3)nn4CC(F)(F)F)sc2c(-c2ccc(Cl)cc2)c1[C@H](OC(C)(C)C)C(=O)O. The van der Waals surface area contributed by atoms with E-state index in [4.69, 9.17) is 26.1 Å². The summed E-state index contributed by atoms with van der Waals surface area (Å²) in [5.74, 6) is -1.09. The number of ether oxygens (including phenoxy) is 2. The lowest BCUT2D eigenvalue weighted by Crippen LogP contribution is -2.51. The summed E-state index contributed by atoms with van der Waals surface area (Å²) >= 11 is 7.66. The number of carboxylic acid groups (broad SMARTS) is 1. The number of carboxylic acids is 1. The van der Waals surface area contributed by atoms with Crippen molar-refractivity contribution >= 4 is 50.0 Å². The molecule has 0 aliphatic carbocycles. The Bertz CT molecular complexity index is 2060. The minimum absolute atomic E-state index is 0.0207. The Hall–Kier alpha value is -3.55. The summed E-state index contributed by atoms with van der Waals surface area (Å²) in [7, 11) is 0. The monoisotopic (exact) mass is 726 g/mol. The Morgan fingerprint density at radius 3 is 2.36 bits per heavy atom. The second-order valence-corrected chi connectivity index (χ2v) is 15.6. The molecule has 2 aliphatic heterocycles. The lowest BCUT2D eigenvalue weighted by molar-refractivity contribution is -0.160. The molecule has 0 unspecified atom stereocenters. The van der Waals surface area contributed by atoms with E-state index in [0.29, 0.717) is 54.9 Å². The van der Waals surface area contributed by atoms with Crippen molar-refractivity contribution in [2.75, 3.05) is 26.3 Å². The second kappa shape index (κ2) is 13.2. The number of nitrogens with zero attached hydrogens (tertiary/aromatic N) is 4. The van der Waals surface area contributed by atoms with Gasteiger partial charge in [0.05, 0.1) is 46.3 Å². The van der Waals surface area contributed by atoms with Crippen molar-refractivity contribution in [1.29, 1.82) is 0 Å². The van der Waals surface area contributed by atoms with Gasteiger partial charge < -0.3 is 14.6 Å². The first kappa shape index (κ1) is 34.9. The van der Waals surface area contributed by atoms with Crippen LogP contribution in [0.4, 0.5) is 13.2 Å². The normalized spacial score (nSPS) is 17.4. The van der Waals surface area contributed by atoms with Crippen LogP contribution in [0.25, 0.3) is 42.8 Å². The quantitative estimate of drug-likeness (QED) is 0.171. The molecule has 13 heteroatoms. The van der Waals surface area contributed by atoms with Gasteiger partial charge in [0, 0.05) is 33.0 Å². The van der Waals surface area contributed by atoms with E-state index in [1.165, 1.54) is 11.3 Å². The number of halogens is 4. The van der Waals surface area contributed by atoms with E-state index in [2.05, 4.69) is 10.00 Å². The summed E-state index contributed by atoms with van der Waals surface area (Å²) in [6.07, 6.45) is -4.08. The number of carbonyl (C=O) groups is 1. The molecule has 0 radical (unpaired) electrons. The Kier molecular flexibility index (Phi) is 9.21. The van der Waals surface area contributed by atoms with E-state index >= 15 is 0 Å². The number of alkyl halides is 3. The molecule has 5 aromatic rings. The van der Waals surface area contributed by atoms with Crippen LogP contribution in [-0.4, -0.2) is 74.9 Å². The first-order chi connectivity index (χ1) is 23.6. The number of fused-ring (bicyclic) bond motifs is 2. The van der Waals surface area contributed by atoms with Crippen LogP contribution in [0, 0.1) is 6.92 Å².